The molecule has 1 aliphatic carbocycles. The quantitative estimate of drug-likeness (QED) is 0.918. The second-order valence-electron chi connectivity index (χ2n) is 5.68. The molecule has 108 valence electrons. The first kappa shape index (κ1) is 13.6. The Balaban J connectivity index is 1.95. The first-order valence-electron chi connectivity index (χ1n) is 6.99. The molecule has 0 radical (unpaired) electrons. The Hall–Kier alpha value is -1.33. The van der Waals surface area contributed by atoms with Crippen LogP contribution in [0.15, 0.2) is 30.5 Å². The molecule has 0 aliphatic heterocycles. The van der Waals surface area contributed by atoms with Crippen molar-refractivity contribution in [2.75, 3.05) is 12.3 Å². The second-order valence-corrected chi connectivity index (χ2v) is 7.77. The lowest BCUT2D eigenvalue weighted by Gasteiger charge is -2.15. The van der Waals surface area contributed by atoms with Gasteiger partial charge in [0.1, 0.15) is 0 Å². The Bertz CT molecular complexity index is 742. The van der Waals surface area contributed by atoms with Crippen LogP contribution in [-0.2, 0) is 22.5 Å². The number of fused-ring (bicyclic) bond motifs is 1. The topological polar surface area (TPSA) is 51.1 Å². The average molecular weight is 292 g/mol. The van der Waals surface area contributed by atoms with E-state index in [0.717, 1.165) is 12.8 Å². The normalized spacial score (nSPS) is 17.5. The van der Waals surface area contributed by atoms with Crippen LogP contribution in [-0.4, -0.2) is 25.3 Å². The molecule has 20 heavy (non-hydrogen) atoms. The van der Waals surface area contributed by atoms with Gasteiger partial charge in [-0.05, 0) is 31.4 Å². The SMILES string of the molecule is CCS(=O)(=O)NCC1(c2cn(C)c3ccccc23)CC1. The third-order valence-corrected chi connectivity index (χ3v) is 5.68. The summed E-state index contributed by atoms with van der Waals surface area (Å²) in [6.45, 7) is 2.18. The summed E-state index contributed by atoms with van der Waals surface area (Å²) in [5.74, 6) is 0.138. The molecule has 0 saturated heterocycles. The Labute approximate surface area is 119 Å². The van der Waals surface area contributed by atoms with E-state index in [-0.39, 0.29) is 11.2 Å². The molecule has 1 aromatic carbocycles. The summed E-state index contributed by atoms with van der Waals surface area (Å²) in [4.78, 5) is 0. The van der Waals surface area contributed by atoms with E-state index >= 15 is 0 Å². The van der Waals surface area contributed by atoms with E-state index in [1.165, 1.54) is 16.5 Å². The zero-order chi connectivity index (χ0) is 14.4. The number of sulfonamides is 1. The van der Waals surface area contributed by atoms with E-state index < -0.39 is 10.0 Å². The lowest BCUT2D eigenvalue weighted by molar-refractivity contribution is 0.568. The van der Waals surface area contributed by atoms with Gasteiger partial charge in [0.2, 0.25) is 10.0 Å². The summed E-state index contributed by atoms with van der Waals surface area (Å²) in [7, 11) is -1.08. The van der Waals surface area contributed by atoms with Gasteiger partial charge in [-0.15, -0.1) is 0 Å². The first-order valence-corrected chi connectivity index (χ1v) is 8.64. The Kier molecular flexibility index (Phi) is 3.14. The zero-order valence-electron chi connectivity index (χ0n) is 11.9. The highest BCUT2D eigenvalue weighted by Crippen LogP contribution is 2.50. The number of para-hydroxylation sites is 1. The van der Waals surface area contributed by atoms with Crippen molar-refractivity contribution in [2.45, 2.75) is 25.2 Å². The number of rotatable bonds is 5. The minimum absolute atomic E-state index is 0.0108. The lowest BCUT2D eigenvalue weighted by atomic mass is 9.96. The second kappa shape index (κ2) is 4.60. The van der Waals surface area contributed by atoms with Crippen molar-refractivity contribution in [3.05, 3.63) is 36.0 Å². The van der Waals surface area contributed by atoms with Gasteiger partial charge in [-0.25, -0.2) is 13.1 Å². The van der Waals surface area contributed by atoms with Gasteiger partial charge in [0, 0.05) is 36.1 Å². The third kappa shape index (κ3) is 2.25. The zero-order valence-corrected chi connectivity index (χ0v) is 12.7. The van der Waals surface area contributed by atoms with Gasteiger partial charge in [0.15, 0.2) is 0 Å². The molecular formula is C15H20N2O2S. The smallest absolute Gasteiger partial charge is 0.211 e. The molecule has 1 saturated carbocycles. The Morgan fingerprint density at radius 2 is 2.00 bits per heavy atom. The molecule has 0 spiro atoms. The van der Waals surface area contributed by atoms with Crippen LogP contribution in [0.1, 0.15) is 25.3 Å². The molecule has 0 amide bonds. The highest BCUT2D eigenvalue weighted by atomic mass is 32.2. The number of nitrogens with one attached hydrogen (secondary N) is 1. The minimum Gasteiger partial charge on any atom is -0.350 e. The summed E-state index contributed by atoms with van der Waals surface area (Å²) >= 11 is 0. The molecule has 0 atom stereocenters. The summed E-state index contributed by atoms with van der Waals surface area (Å²) < 4.78 is 28.2. The molecular weight excluding hydrogens is 272 g/mol. The van der Waals surface area contributed by atoms with Crippen molar-refractivity contribution < 1.29 is 8.42 Å². The molecule has 3 rings (SSSR count). The van der Waals surface area contributed by atoms with Gasteiger partial charge >= 0.3 is 0 Å². The molecule has 1 aromatic heterocycles. The van der Waals surface area contributed by atoms with Crippen molar-refractivity contribution in [3.63, 3.8) is 0 Å². The van der Waals surface area contributed by atoms with Crippen LogP contribution in [0.5, 0.6) is 0 Å². The maximum absolute atomic E-state index is 11.7. The van der Waals surface area contributed by atoms with E-state index in [0.29, 0.717) is 6.54 Å². The molecule has 1 aliphatic rings. The average Bonchev–Trinajstić information content (AvgIpc) is 3.17. The molecule has 2 aromatic rings. The molecule has 4 nitrogen and oxygen atoms in total. The largest absolute Gasteiger partial charge is 0.350 e. The maximum Gasteiger partial charge on any atom is 0.211 e. The Morgan fingerprint density at radius 3 is 2.65 bits per heavy atom. The van der Waals surface area contributed by atoms with Crippen molar-refractivity contribution in [2.24, 2.45) is 7.05 Å². The van der Waals surface area contributed by atoms with Crippen LogP contribution in [0.2, 0.25) is 0 Å². The predicted molar refractivity (Wildman–Crippen MR) is 81.3 cm³/mol. The highest BCUT2D eigenvalue weighted by Gasteiger charge is 2.46. The summed E-state index contributed by atoms with van der Waals surface area (Å²) in [6, 6.07) is 8.30. The van der Waals surface area contributed by atoms with E-state index in [2.05, 4.69) is 27.6 Å². The number of benzene rings is 1. The van der Waals surface area contributed by atoms with Gasteiger partial charge in [0.25, 0.3) is 0 Å². The number of aryl methyl sites for hydroxylation is 1. The van der Waals surface area contributed by atoms with Crippen molar-refractivity contribution in [3.8, 4) is 0 Å². The molecule has 5 heteroatoms. The molecule has 1 heterocycles. The fourth-order valence-electron chi connectivity index (χ4n) is 2.81. The van der Waals surface area contributed by atoms with Crippen LogP contribution >= 0.6 is 0 Å². The van der Waals surface area contributed by atoms with Gasteiger partial charge < -0.3 is 4.57 Å². The minimum atomic E-state index is -3.12. The van der Waals surface area contributed by atoms with Crippen molar-refractivity contribution in [1.29, 1.82) is 0 Å². The monoisotopic (exact) mass is 292 g/mol. The van der Waals surface area contributed by atoms with Gasteiger partial charge in [-0.1, -0.05) is 18.2 Å². The summed E-state index contributed by atoms with van der Waals surface area (Å²) in [5.41, 5.74) is 2.46. The van der Waals surface area contributed by atoms with Gasteiger partial charge in [-0.3, -0.25) is 0 Å². The number of nitrogens with zero attached hydrogens (tertiary/aromatic N) is 1. The molecule has 1 fully saturated rings. The van der Waals surface area contributed by atoms with Crippen LogP contribution in [0.4, 0.5) is 0 Å². The van der Waals surface area contributed by atoms with Crippen LogP contribution in [0, 0.1) is 0 Å². The van der Waals surface area contributed by atoms with Crippen LogP contribution < -0.4 is 4.72 Å². The predicted octanol–water partition coefficient (Wildman–Crippen LogP) is 2.15. The number of hydrogen-bond acceptors (Lipinski definition) is 2. The third-order valence-electron chi connectivity index (χ3n) is 4.33. The van der Waals surface area contributed by atoms with E-state index in [1.54, 1.807) is 6.92 Å². The van der Waals surface area contributed by atoms with Crippen LogP contribution in [0.3, 0.4) is 0 Å². The summed E-state index contributed by atoms with van der Waals surface area (Å²) in [6.07, 6.45) is 4.25. The van der Waals surface area contributed by atoms with Crippen molar-refractivity contribution in [1.82, 2.24) is 9.29 Å². The molecule has 1 N–H and O–H groups in total. The number of aromatic nitrogens is 1. The van der Waals surface area contributed by atoms with E-state index in [4.69, 9.17) is 0 Å². The van der Waals surface area contributed by atoms with Gasteiger partial charge in [0.05, 0.1) is 5.75 Å². The van der Waals surface area contributed by atoms with Crippen molar-refractivity contribution >= 4 is 20.9 Å². The fraction of sp³-hybridized carbons (Fsp3) is 0.467. The molecule has 0 bridgehead atoms. The summed E-state index contributed by atoms with van der Waals surface area (Å²) in [5, 5.41) is 1.24. The maximum atomic E-state index is 11.7. The lowest BCUT2D eigenvalue weighted by Crippen LogP contribution is -2.33. The number of hydrogen-bond donors (Lipinski definition) is 1. The van der Waals surface area contributed by atoms with Gasteiger partial charge in [-0.2, -0.15) is 0 Å². The van der Waals surface area contributed by atoms with E-state index in [1.807, 2.05) is 19.2 Å². The van der Waals surface area contributed by atoms with E-state index in [9.17, 15) is 8.42 Å². The Morgan fingerprint density at radius 1 is 1.30 bits per heavy atom. The highest BCUT2D eigenvalue weighted by molar-refractivity contribution is 7.89. The fourth-order valence-corrected chi connectivity index (χ4v) is 3.51. The van der Waals surface area contributed by atoms with Crippen LogP contribution in [0.25, 0.3) is 10.9 Å². The standard InChI is InChI=1S/C15H20N2O2S/c1-3-20(18,19)16-11-15(8-9-15)13-10-17(2)14-7-5-4-6-12(13)14/h4-7,10,16H,3,8-9,11H2,1-2H3. The first-order chi connectivity index (χ1) is 9.47. The molecule has 0 unspecified atom stereocenters.